The zero-order valence-electron chi connectivity index (χ0n) is 15.5. The van der Waals surface area contributed by atoms with Crippen LogP contribution in [0.4, 0.5) is 11.4 Å². The Morgan fingerprint density at radius 3 is 2.66 bits per heavy atom. The molecule has 0 unspecified atom stereocenters. The molecule has 0 aromatic heterocycles. The van der Waals surface area contributed by atoms with E-state index in [2.05, 4.69) is 17.2 Å². The number of amides is 2. The summed E-state index contributed by atoms with van der Waals surface area (Å²) in [5.41, 5.74) is 1.42. The highest BCUT2D eigenvalue weighted by atomic mass is 35.5. The number of non-ortho nitro benzene ring substituents is 1. The van der Waals surface area contributed by atoms with Gasteiger partial charge in [0.05, 0.1) is 22.1 Å². The first-order valence-corrected chi connectivity index (χ1v) is 9.45. The van der Waals surface area contributed by atoms with Crippen molar-refractivity contribution in [1.82, 2.24) is 5.32 Å². The van der Waals surface area contributed by atoms with E-state index in [4.69, 9.17) is 11.6 Å². The number of nitrogens with one attached hydrogen (secondary N) is 1. The van der Waals surface area contributed by atoms with Gasteiger partial charge in [0.2, 0.25) is 5.91 Å². The Morgan fingerprint density at radius 1 is 1.21 bits per heavy atom. The highest BCUT2D eigenvalue weighted by Crippen LogP contribution is 2.22. The molecule has 1 aliphatic rings. The summed E-state index contributed by atoms with van der Waals surface area (Å²) in [5, 5.41) is 13.5. The number of anilines is 1. The van der Waals surface area contributed by atoms with E-state index in [1.54, 1.807) is 4.90 Å². The summed E-state index contributed by atoms with van der Waals surface area (Å²) < 4.78 is 0. The molecule has 1 N–H and O–H groups in total. The molecule has 1 aliphatic heterocycles. The summed E-state index contributed by atoms with van der Waals surface area (Å²) in [4.78, 5) is 36.2. The number of halogens is 1. The maximum absolute atomic E-state index is 12.2. The number of nitro groups is 1. The zero-order chi connectivity index (χ0) is 20.8. The van der Waals surface area contributed by atoms with E-state index in [1.807, 2.05) is 24.3 Å². The topological polar surface area (TPSA) is 92.6 Å². The summed E-state index contributed by atoms with van der Waals surface area (Å²) in [5.74, 6) is 5.36. The molecule has 29 heavy (non-hydrogen) atoms. The van der Waals surface area contributed by atoms with Crippen LogP contribution in [0.2, 0.25) is 5.02 Å². The van der Waals surface area contributed by atoms with Crippen LogP contribution in [0.5, 0.6) is 0 Å². The first kappa shape index (κ1) is 20.4. The molecule has 7 nitrogen and oxygen atoms in total. The van der Waals surface area contributed by atoms with Gasteiger partial charge >= 0.3 is 0 Å². The fourth-order valence-electron chi connectivity index (χ4n) is 2.97. The molecule has 148 valence electrons. The lowest BCUT2D eigenvalue weighted by Gasteiger charge is -2.26. The van der Waals surface area contributed by atoms with Crippen molar-refractivity contribution in [3.63, 3.8) is 0 Å². The molecule has 8 heteroatoms. The van der Waals surface area contributed by atoms with E-state index < -0.39 is 10.8 Å². The second-order valence-corrected chi connectivity index (χ2v) is 6.86. The molecule has 0 atom stereocenters. The number of piperidine rings is 1. The molecule has 0 bridgehead atoms. The van der Waals surface area contributed by atoms with Gasteiger partial charge in [0.25, 0.3) is 11.6 Å². The third-order valence-corrected chi connectivity index (χ3v) is 4.81. The van der Waals surface area contributed by atoms with E-state index in [0.717, 1.165) is 36.7 Å². The van der Waals surface area contributed by atoms with E-state index in [1.165, 1.54) is 12.1 Å². The van der Waals surface area contributed by atoms with Crippen molar-refractivity contribution in [1.29, 1.82) is 0 Å². The minimum absolute atomic E-state index is 0.0261. The van der Waals surface area contributed by atoms with Crippen molar-refractivity contribution < 1.29 is 14.5 Å². The molecule has 1 saturated heterocycles. The minimum atomic E-state index is -0.589. The molecular formula is C21H18ClN3O4. The lowest BCUT2D eigenvalue weighted by molar-refractivity contribution is -0.384. The quantitative estimate of drug-likeness (QED) is 0.473. The summed E-state index contributed by atoms with van der Waals surface area (Å²) in [6.45, 7) is 0.792. The summed E-state index contributed by atoms with van der Waals surface area (Å²) in [6.07, 6.45) is 2.52. The molecule has 0 spiro atoms. The van der Waals surface area contributed by atoms with Crippen molar-refractivity contribution in [3.05, 3.63) is 68.7 Å². The predicted octanol–water partition coefficient (Wildman–Crippen LogP) is 3.55. The summed E-state index contributed by atoms with van der Waals surface area (Å²) >= 11 is 5.95. The predicted molar refractivity (Wildman–Crippen MR) is 110 cm³/mol. The van der Waals surface area contributed by atoms with Gasteiger partial charge in [0.15, 0.2) is 0 Å². The van der Waals surface area contributed by atoms with Crippen LogP contribution in [0.25, 0.3) is 0 Å². The van der Waals surface area contributed by atoms with Gasteiger partial charge in [-0.15, -0.1) is 0 Å². The third-order valence-electron chi connectivity index (χ3n) is 4.48. The maximum atomic E-state index is 12.2. The average molecular weight is 412 g/mol. The van der Waals surface area contributed by atoms with Crippen LogP contribution in [0.15, 0.2) is 42.5 Å². The normalized spacial score (nSPS) is 13.4. The zero-order valence-corrected chi connectivity index (χ0v) is 16.2. The molecule has 1 fully saturated rings. The molecule has 0 radical (unpaired) electrons. The number of hydrogen-bond donors (Lipinski definition) is 1. The third kappa shape index (κ3) is 5.12. The number of benzene rings is 2. The monoisotopic (exact) mass is 411 g/mol. The van der Waals surface area contributed by atoms with Crippen molar-refractivity contribution >= 4 is 34.8 Å². The lowest BCUT2D eigenvalue weighted by Crippen LogP contribution is -2.35. The highest BCUT2D eigenvalue weighted by molar-refractivity contribution is 6.33. The van der Waals surface area contributed by atoms with E-state index in [0.29, 0.717) is 6.42 Å². The average Bonchev–Trinajstić information content (AvgIpc) is 2.72. The number of rotatable bonds is 4. The number of carbonyl (C=O) groups is 2. The Kier molecular flexibility index (Phi) is 6.47. The van der Waals surface area contributed by atoms with Crippen molar-refractivity contribution in [2.45, 2.75) is 19.3 Å². The van der Waals surface area contributed by atoms with E-state index >= 15 is 0 Å². The Bertz CT molecular complexity index is 1010. The molecule has 3 rings (SSSR count). The van der Waals surface area contributed by atoms with Crippen LogP contribution in [0.1, 0.15) is 35.2 Å². The fourth-order valence-corrected chi connectivity index (χ4v) is 3.17. The van der Waals surface area contributed by atoms with Crippen LogP contribution in [0.3, 0.4) is 0 Å². The standard InChI is InChI=1S/C21H18ClN3O4/c22-19-11-10-17(25(28)29)14-18(19)21(27)23-12-3-4-15-6-8-16(9-7-15)24-13-2-1-5-20(24)26/h6-11,14H,1-2,5,12-13H2,(H,23,27). The minimum Gasteiger partial charge on any atom is -0.341 e. The fraction of sp³-hybridized carbons (Fsp3) is 0.238. The molecule has 0 aliphatic carbocycles. The molecule has 2 aromatic rings. The van der Waals surface area contributed by atoms with Gasteiger partial charge in [-0.1, -0.05) is 23.4 Å². The van der Waals surface area contributed by atoms with Gasteiger partial charge < -0.3 is 10.2 Å². The lowest BCUT2D eigenvalue weighted by atomic mass is 10.1. The number of nitro benzene ring substituents is 1. The number of nitrogens with zero attached hydrogens (tertiary/aromatic N) is 2. The molecule has 2 amide bonds. The summed E-state index contributed by atoms with van der Waals surface area (Å²) in [6, 6.07) is 11.0. The van der Waals surface area contributed by atoms with Gasteiger partial charge in [0, 0.05) is 36.3 Å². The highest BCUT2D eigenvalue weighted by Gasteiger charge is 2.19. The van der Waals surface area contributed by atoms with Crippen molar-refractivity contribution in [2.24, 2.45) is 0 Å². The summed E-state index contributed by atoms with van der Waals surface area (Å²) in [7, 11) is 0. The van der Waals surface area contributed by atoms with Crippen molar-refractivity contribution in [3.8, 4) is 11.8 Å². The number of hydrogen-bond acceptors (Lipinski definition) is 4. The Balaban J connectivity index is 1.59. The second kappa shape index (κ2) is 9.22. The Morgan fingerprint density at radius 2 is 1.97 bits per heavy atom. The van der Waals surface area contributed by atoms with Crippen LogP contribution in [-0.2, 0) is 4.79 Å². The van der Waals surface area contributed by atoms with Gasteiger partial charge in [0.1, 0.15) is 0 Å². The molecule has 0 saturated carbocycles. The molecular weight excluding hydrogens is 394 g/mol. The molecule has 1 heterocycles. The van der Waals surface area contributed by atoms with Crippen LogP contribution in [0, 0.1) is 22.0 Å². The van der Waals surface area contributed by atoms with Crippen LogP contribution >= 0.6 is 11.6 Å². The van der Waals surface area contributed by atoms with Crippen LogP contribution in [-0.4, -0.2) is 29.8 Å². The Labute approximate surface area is 172 Å². The van der Waals surface area contributed by atoms with Gasteiger partial charge in [-0.3, -0.25) is 19.7 Å². The SMILES string of the molecule is O=C(NCC#Cc1ccc(N2CCCCC2=O)cc1)c1cc([N+](=O)[O-])ccc1Cl. The largest absolute Gasteiger partial charge is 0.341 e. The van der Waals surface area contributed by atoms with E-state index in [-0.39, 0.29) is 28.7 Å². The first-order valence-electron chi connectivity index (χ1n) is 9.07. The number of carbonyl (C=O) groups excluding carboxylic acids is 2. The van der Waals surface area contributed by atoms with Gasteiger partial charge in [-0.05, 0) is 43.2 Å². The van der Waals surface area contributed by atoms with Crippen LogP contribution < -0.4 is 10.2 Å². The Hall–Kier alpha value is -3.37. The second-order valence-electron chi connectivity index (χ2n) is 6.46. The van der Waals surface area contributed by atoms with E-state index in [9.17, 15) is 19.7 Å². The van der Waals surface area contributed by atoms with Gasteiger partial charge in [-0.25, -0.2) is 0 Å². The first-order chi connectivity index (χ1) is 14.0. The maximum Gasteiger partial charge on any atom is 0.270 e. The van der Waals surface area contributed by atoms with Crippen molar-refractivity contribution in [2.75, 3.05) is 18.0 Å². The molecule has 2 aromatic carbocycles. The smallest absolute Gasteiger partial charge is 0.270 e. The van der Waals surface area contributed by atoms with Gasteiger partial charge in [-0.2, -0.15) is 0 Å².